The molecule has 26 heavy (non-hydrogen) atoms. The molecule has 2 N–H and O–H groups in total. The largest absolute Gasteiger partial charge is 0.386 e. The third kappa shape index (κ3) is 2.40. The van der Waals surface area contributed by atoms with Crippen LogP contribution in [0.1, 0.15) is 54.4 Å². The Kier molecular flexibility index (Phi) is 3.74. The number of nitrogens with one attached hydrogen (secondary N) is 2. The zero-order valence-corrected chi connectivity index (χ0v) is 17.0. The Morgan fingerprint density at radius 3 is 1.46 bits per heavy atom. The van der Waals surface area contributed by atoms with Gasteiger partial charge in [0.05, 0.1) is 0 Å². The van der Waals surface area contributed by atoms with Crippen molar-refractivity contribution in [3.8, 4) is 0 Å². The second-order valence-corrected chi connectivity index (χ2v) is 10.00. The number of hydrogen-bond acceptors (Lipinski definition) is 4. The second kappa shape index (κ2) is 5.46. The van der Waals surface area contributed by atoms with Gasteiger partial charge in [0.1, 0.15) is 0 Å². The van der Waals surface area contributed by atoms with Crippen LogP contribution in [0.25, 0.3) is 0 Å². The van der Waals surface area contributed by atoms with Crippen LogP contribution in [0.3, 0.4) is 0 Å². The van der Waals surface area contributed by atoms with Gasteiger partial charge in [-0.15, -0.1) is 0 Å². The molecule has 0 heterocycles. The molecule has 0 spiro atoms. The van der Waals surface area contributed by atoms with E-state index in [-0.39, 0.29) is 0 Å². The highest BCUT2D eigenvalue weighted by molar-refractivity contribution is 6.01. The average molecular weight is 357 g/mol. The molecule has 4 aliphatic carbocycles. The van der Waals surface area contributed by atoms with Crippen LogP contribution in [0.4, 0.5) is 0 Å². The minimum absolute atomic E-state index is 0.294. The van der Waals surface area contributed by atoms with Crippen molar-refractivity contribution in [2.75, 3.05) is 13.1 Å². The summed E-state index contributed by atoms with van der Waals surface area (Å²) < 4.78 is 0. The molecule has 4 nitrogen and oxygen atoms in total. The lowest BCUT2D eigenvalue weighted by molar-refractivity contribution is -0.116. The van der Waals surface area contributed by atoms with Gasteiger partial charge in [-0.2, -0.15) is 0 Å². The number of carbonyl (C=O) groups is 2. The molecule has 4 fully saturated rings. The van der Waals surface area contributed by atoms with E-state index in [1.54, 1.807) is 0 Å². The quantitative estimate of drug-likeness (QED) is 0.587. The van der Waals surface area contributed by atoms with E-state index in [9.17, 15) is 9.59 Å². The number of rotatable bonds is 5. The van der Waals surface area contributed by atoms with E-state index in [2.05, 4.69) is 38.3 Å². The maximum absolute atomic E-state index is 12.2. The molecule has 4 atom stereocenters. The summed E-state index contributed by atoms with van der Waals surface area (Å²) in [7, 11) is 0. The minimum atomic E-state index is 0.294. The molecule has 0 aromatic carbocycles. The predicted molar refractivity (Wildman–Crippen MR) is 102 cm³/mol. The Balaban J connectivity index is 1.33. The Labute approximate surface area is 156 Å². The summed E-state index contributed by atoms with van der Waals surface area (Å²) in [6.45, 7) is 14.7. The Bertz CT molecular complexity index is 692. The van der Waals surface area contributed by atoms with Gasteiger partial charge in [0, 0.05) is 48.5 Å². The molecule has 0 aromatic heterocycles. The van der Waals surface area contributed by atoms with Gasteiger partial charge >= 0.3 is 0 Å². The minimum Gasteiger partial charge on any atom is -0.386 e. The van der Waals surface area contributed by atoms with Crippen molar-refractivity contribution in [3.63, 3.8) is 0 Å². The van der Waals surface area contributed by atoms with E-state index in [0.29, 0.717) is 46.1 Å². The lowest BCUT2D eigenvalue weighted by Gasteiger charge is -2.16. The Morgan fingerprint density at radius 1 is 0.808 bits per heavy atom. The zero-order valence-electron chi connectivity index (χ0n) is 17.0. The highest BCUT2D eigenvalue weighted by Crippen LogP contribution is 2.68. The summed E-state index contributed by atoms with van der Waals surface area (Å²) in [5.41, 5.74) is 4.73. The lowest BCUT2D eigenvalue weighted by atomic mass is 9.95. The van der Waals surface area contributed by atoms with Crippen LogP contribution >= 0.6 is 0 Å². The first kappa shape index (κ1) is 17.8. The van der Waals surface area contributed by atoms with Gasteiger partial charge in [0.2, 0.25) is 0 Å². The summed E-state index contributed by atoms with van der Waals surface area (Å²) in [4.78, 5) is 24.5. The Morgan fingerprint density at radius 2 is 1.15 bits per heavy atom. The van der Waals surface area contributed by atoms with Crippen molar-refractivity contribution in [2.45, 2.75) is 54.4 Å². The molecule has 0 amide bonds. The predicted octanol–water partition coefficient (Wildman–Crippen LogP) is 3.20. The van der Waals surface area contributed by atoms with Crippen LogP contribution in [0, 0.1) is 34.5 Å². The third-order valence-electron chi connectivity index (χ3n) is 7.85. The summed E-state index contributed by atoms with van der Waals surface area (Å²) in [5.74, 6) is 2.65. The summed E-state index contributed by atoms with van der Waals surface area (Å²) in [5, 5.41) is 6.87. The summed E-state index contributed by atoms with van der Waals surface area (Å²) in [6, 6.07) is 0. The van der Waals surface area contributed by atoms with E-state index in [4.69, 9.17) is 0 Å². The molecule has 0 saturated heterocycles. The fraction of sp³-hybridized carbons (Fsp3) is 0.727. The smallest absolute Gasteiger partial charge is 0.161 e. The van der Waals surface area contributed by atoms with E-state index in [1.165, 1.54) is 0 Å². The second-order valence-electron chi connectivity index (χ2n) is 10.00. The Hall–Kier alpha value is -1.58. The van der Waals surface area contributed by atoms with Crippen LogP contribution in [0.5, 0.6) is 0 Å². The zero-order chi connectivity index (χ0) is 19.0. The van der Waals surface area contributed by atoms with Crippen molar-refractivity contribution in [1.82, 2.24) is 10.6 Å². The van der Waals surface area contributed by atoms with Crippen molar-refractivity contribution >= 4 is 11.6 Å². The standard InChI is InChI=1S/C22H32N2O2/c1-11(17-15(25)9-13-19(17)21(13,3)4)23-7-8-24-12(2)18-16(26)10-14-20(18)22(14,5)6/h13-14,19-20,23-24H,7-10H2,1-6H3. The van der Waals surface area contributed by atoms with E-state index in [0.717, 1.165) is 48.5 Å². The number of hydrogen-bond donors (Lipinski definition) is 2. The first-order chi connectivity index (χ1) is 12.1. The van der Waals surface area contributed by atoms with E-state index < -0.39 is 0 Å². The molecule has 4 rings (SSSR count). The number of Topliss-reactive ketones (excluding diaryl/α,β-unsaturated/α-hetero) is 2. The van der Waals surface area contributed by atoms with Gasteiger partial charge in [0.25, 0.3) is 0 Å². The maximum Gasteiger partial charge on any atom is 0.161 e. The average Bonchev–Trinajstić information content (AvgIpc) is 3.09. The summed E-state index contributed by atoms with van der Waals surface area (Å²) in [6.07, 6.45) is 1.44. The topological polar surface area (TPSA) is 58.2 Å². The van der Waals surface area contributed by atoms with Gasteiger partial charge in [-0.3, -0.25) is 9.59 Å². The molecular formula is C22H32N2O2. The molecule has 4 aliphatic rings. The van der Waals surface area contributed by atoms with Crippen molar-refractivity contribution in [2.24, 2.45) is 34.5 Å². The lowest BCUT2D eigenvalue weighted by Crippen LogP contribution is -2.28. The van der Waals surface area contributed by atoms with Gasteiger partial charge in [-0.1, -0.05) is 27.7 Å². The molecule has 0 bridgehead atoms. The third-order valence-corrected chi connectivity index (χ3v) is 7.85. The van der Waals surface area contributed by atoms with Crippen LogP contribution in [0.15, 0.2) is 22.5 Å². The first-order valence-corrected chi connectivity index (χ1v) is 10.0. The van der Waals surface area contributed by atoms with E-state index in [1.807, 2.05) is 13.8 Å². The SMILES string of the molecule is CC(NCCNC(C)=C1C(=O)CC2C1C2(C)C)=C1C(=O)CC2C1C2(C)C. The van der Waals surface area contributed by atoms with Crippen LogP contribution in [0.2, 0.25) is 0 Å². The highest BCUT2D eigenvalue weighted by Gasteiger charge is 2.66. The van der Waals surface area contributed by atoms with Crippen LogP contribution in [-0.2, 0) is 9.59 Å². The molecule has 4 saturated carbocycles. The normalized spacial score (nSPS) is 39.3. The van der Waals surface area contributed by atoms with Crippen molar-refractivity contribution in [3.05, 3.63) is 22.5 Å². The maximum atomic E-state index is 12.2. The molecule has 4 unspecified atom stereocenters. The van der Waals surface area contributed by atoms with Gasteiger partial charge in [0.15, 0.2) is 11.6 Å². The van der Waals surface area contributed by atoms with Gasteiger partial charge in [-0.25, -0.2) is 0 Å². The van der Waals surface area contributed by atoms with Crippen molar-refractivity contribution < 1.29 is 9.59 Å². The fourth-order valence-corrected chi connectivity index (χ4v) is 5.94. The first-order valence-electron chi connectivity index (χ1n) is 10.0. The fourth-order valence-electron chi connectivity index (χ4n) is 5.94. The number of ketones is 2. The monoisotopic (exact) mass is 356 g/mol. The molecule has 142 valence electrons. The molecule has 0 aliphatic heterocycles. The summed E-state index contributed by atoms with van der Waals surface area (Å²) >= 11 is 0. The van der Waals surface area contributed by atoms with E-state index >= 15 is 0 Å². The molecular weight excluding hydrogens is 324 g/mol. The number of allylic oxidation sites excluding steroid dienone is 4. The highest BCUT2D eigenvalue weighted by atomic mass is 16.1. The number of fused-ring (bicyclic) bond motifs is 2. The molecule has 4 heteroatoms. The molecule has 0 radical (unpaired) electrons. The number of carbonyl (C=O) groups excluding carboxylic acids is 2. The van der Waals surface area contributed by atoms with Gasteiger partial charge in [-0.05, 0) is 48.3 Å². The van der Waals surface area contributed by atoms with Crippen LogP contribution < -0.4 is 10.6 Å². The van der Waals surface area contributed by atoms with Crippen molar-refractivity contribution in [1.29, 1.82) is 0 Å². The van der Waals surface area contributed by atoms with Gasteiger partial charge < -0.3 is 10.6 Å². The van der Waals surface area contributed by atoms with Crippen LogP contribution in [-0.4, -0.2) is 24.7 Å². The molecule has 0 aromatic rings.